The summed E-state index contributed by atoms with van der Waals surface area (Å²) in [5, 5.41) is 0.379. The van der Waals surface area contributed by atoms with E-state index in [4.69, 9.17) is 17.4 Å². The Morgan fingerprint density at radius 2 is 2.22 bits per heavy atom. The van der Waals surface area contributed by atoms with Crippen molar-refractivity contribution >= 4 is 29.4 Å². The van der Waals surface area contributed by atoms with Gasteiger partial charge in [0.2, 0.25) is 0 Å². The van der Waals surface area contributed by atoms with Gasteiger partial charge in [-0.1, -0.05) is 11.6 Å². The van der Waals surface area contributed by atoms with Crippen LogP contribution in [-0.4, -0.2) is 40.3 Å². The highest BCUT2D eigenvalue weighted by Gasteiger charge is 2.34. The van der Waals surface area contributed by atoms with E-state index < -0.39 is 0 Å². The number of hydrogen-bond donors (Lipinski definition) is 2. The zero-order chi connectivity index (χ0) is 13.3. The van der Waals surface area contributed by atoms with Gasteiger partial charge in [0.1, 0.15) is 12.4 Å². The molecule has 96 valence electrons. The highest BCUT2D eigenvalue weighted by molar-refractivity contribution is 6.31. The van der Waals surface area contributed by atoms with Crippen LogP contribution < -0.4 is 11.3 Å². The average molecular weight is 270 g/mol. The lowest BCUT2D eigenvalue weighted by atomic mass is 10.3. The summed E-state index contributed by atoms with van der Waals surface area (Å²) in [4.78, 5) is 29.9. The van der Waals surface area contributed by atoms with Gasteiger partial charge < -0.3 is 10.3 Å². The molecule has 1 saturated heterocycles. The second kappa shape index (κ2) is 4.79. The summed E-state index contributed by atoms with van der Waals surface area (Å²) in [5.74, 6) is 5.39. The van der Waals surface area contributed by atoms with Gasteiger partial charge in [0.15, 0.2) is 0 Å². The van der Waals surface area contributed by atoms with E-state index in [1.807, 2.05) is 0 Å². The lowest BCUT2D eigenvalue weighted by Crippen LogP contribution is -2.31. The second-order valence-corrected chi connectivity index (χ2v) is 4.30. The summed E-state index contributed by atoms with van der Waals surface area (Å²) >= 11 is 5.97. The molecule has 0 saturated carbocycles. The Hall–Kier alpha value is -1.86. The molecule has 1 aromatic heterocycles. The number of nitrogens with zero attached hydrogens (tertiary/aromatic N) is 3. The van der Waals surface area contributed by atoms with Gasteiger partial charge in [-0.25, -0.2) is 15.6 Å². The smallest absolute Gasteiger partial charge is 0.318 e. The molecule has 0 aromatic carbocycles. The molecule has 2 heterocycles. The number of nitrogens with two attached hydrogens (primary N) is 1. The molecule has 7 nitrogen and oxygen atoms in total. The lowest BCUT2D eigenvalue weighted by Gasteiger charge is -2.14. The highest BCUT2D eigenvalue weighted by Crippen LogP contribution is 2.20. The van der Waals surface area contributed by atoms with Crippen LogP contribution in [0.25, 0.3) is 0 Å². The largest absolute Gasteiger partial charge is 0.327 e. The van der Waals surface area contributed by atoms with E-state index >= 15 is 0 Å². The van der Waals surface area contributed by atoms with Crippen LogP contribution in [0.4, 0.5) is 10.6 Å². The Morgan fingerprint density at radius 3 is 2.78 bits per heavy atom. The molecule has 1 aliphatic heterocycles. The fraction of sp³-hybridized carbons (Fsp3) is 0.300. The Morgan fingerprint density at radius 1 is 1.50 bits per heavy atom. The van der Waals surface area contributed by atoms with E-state index in [0.29, 0.717) is 16.5 Å². The van der Waals surface area contributed by atoms with Crippen molar-refractivity contribution in [2.24, 2.45) is 5.84 Å². The van der Waals surface area contributed by atoms with Crippen LogP contribution in [0.1, 0.15) is 5.69 Å². The molecule has 8 heteroatoms. The minimum atomic E-state index is -0.357. The molecule has 1 aromatic rings. The van der Waals surface area contributed by atoms with Crippen molar-refractivity contribution < 1.29 is 9.59 Å². The number of aromatic nitrogens is 1. The van der Waals surface area contributed by atoms with Crippen LogP contribution in [0.15, 0.2) is 12.1 Å². The summed E-state index contributed by atoms with van der Waals surface area (Å²) in [5.41, 5.74) is 2.80. The van der Waals surface area contributed by atoms with Crippen LogP contribution in [0, 0.1) is 0 Å². The van der Waals surface area contributed by atoms with Crippen LogP contribution >= 0.6 is 11.6 Å². The zero-order valence-electron chi connectivity index (χ0n) is 9.68. The van der Waals surface area contributed by atoms with Gasteiger partial charge in [0, 0.05) is 7.05 Å². The Balaban J connectivity index is 2.24. The number of hydrazine groups is 1. The standard InChI is InChI=1S/C10H12ClN5O2/c1-15-5-9(17)16(10(15)18)4-7-6(11)2-3-8(13-7)14-12/h2-3H,4-5,12H2,1H3,(H,13,14). The molecule has 0 bridgehead atoms. The van der Waals surface area contributed by atoms with Crippen LogP contribution in [0.2, 0.25) is 5.02 Å². The first-order valence-corrected chi connectivity index (χ1v) is 5.58. The van der Waals surface area contributed by atoms with E-state index in [2.05, 4.69) is 10.4 Å². The number of urea groups is 1. The normalized spacial score (nSPS) is 15.5. The molecule has 0 atom stereocenters. The molecule has 0 unspecified atom stereocenters. The maximum absolute atomic E-state index is 11.7. The first-order chi connectivity index (χ1) is 8.52. The molecule has 1 aliphatic rings. The highest BCUT2D eigenvalue weighted by atomic mass is 35.5. The molecule has 0 radical (unpaired) electrons. The van der Waals surface area contributed by atoms with Gasteiger partial charge in [-0.05, 0) is 12.1 Å². The van der Waals surface area contributed by atoms with Crippen molar-refractivity contribution in [2.45, 2.75) is 6.54 Å². The number of hydrogen-bond acceptors (Lipinski definition) is 5. The van der Waals surface area contributed by atoms with Gasteiger partial charge in [-0.15, -0.1) is 0 Å². The third-order valence-electron chi connectivity index (χ3n) is 2.61. The van der Waals surface area contributed by atoms with Crippen molar-refractivity contribution in [1.29, 1.82) is 0 Å². The third-order valence-corrected chi connectivity index (χ3v) is 2.95. The number of nitrogen functional groups attached to an aromatic ring is 1. The maximum atomic E-state index is 11.7. The van der Waals surface area contributed by atoms with Crippen molar-refractivity contribution in [1.82, 2.24) is 14.8 Å². The van der Waals surface area contributed by atoms with Crippen molar-refractivity contribution in [3.05, 3.63) is 22.8 Å². The van der Waals surface area contributed by atoms with E-state index in [-0.39, 0.29) is 25.0 Å². The van der Waals surface area contributed by atoms with Crippen molar-refractivity contribution in [2.75, 3.05) is 19.0 Å². The van der Waals surface area contributed by atoms with Gasteiger partial charge in [0.25, 0.3) is 5.91 Å². The maximum Gasteiger partial charge on any atom is 0.327 e. The summed E-state index contributed by atoms with van der Waals surface area (Å²) in [6.45, 7) is 0.113. The molecule has 3 N–H and O–H groups in total. The van der Waals surface area contributed by atoms with Crippen molar-refractivity contribution in [3.8, 4) is 0 Å². The number of amides is 3. The van der Waals surface area contributed by atoms with E-state index in [0.717, 1.165) is 4.90 Å². The molecular formula is C10H12ClN5O2. The number of likely N-dealkylation sites (N-methyl/N-ethyl adjacent to an activating group) is 1. The number of anilines is 1. The van der Waals surface area contributed by atoms with E-state index in [9.17, 15) is 9.59 Å². The first kappa shape index (κ1) is 12.6. The third kappa shape index (κ3) is 2.22. The molecule has 18 heavy (non-hydrogen) atoms. The molecule has 2 rings (SSSR count). The minimum absolute atomic E-state index is 0.0381. The number of rotatable bonds is 3. The van der Waals surface area contributed by atoms with Crippen molar-refractivity contribution in [3.63, 3.8) is 0 Å². The first-order valence-electron chi connectivity index (χ1n) is 5.20. The minimum Gasteiger partial charge on any atom is -0.318 e. The zero-order valence-corrected chi connectivity index (χ0v) is 10.4. The number of nitrogens with one attached hydrogen (secondary N) is 1. The summed E-state index contributed by atoms with van der Waals surface area (Å²) in [7, 11) is 1.56. The second-order valence-electron chi connectivity index (χ2n) is 3.89. The number of carbonyl (C=O) groups is 2. The number of imide groups is 1. The number of halogens is 1. The van der Waals surface area contributed by atoms with E-state index in [1.54, 1.807) is 19.2 Å². The number of pyridine rings is 1. The lowest BCUT2D eigenvalue weighted by molar-refractivity contribution is -0.125. The van der Waals surface area contributed by atoms with E-state index in [1.165, 1.54) is 4.90 Å². The quantitative estimate of drug-likeness (QED) is 0.471. The summed E-state index contributed by atoms with van der Waals surface area (Å²) < 4.78 is 0. The molecular weight excluding hydrogens is 258 g/mol. The van der Waals surface area contributed by atoms with Gasteiger partial charge in [-0.2, -0.15) is 0 Å². The van der Waals surface area contributed by atoms with Gasteiger partial charge in [0.05, 0.1) is 17.3 Å². The fourth-order valence-electron chi connectivity index (χ4n) is 1.65. The Labute approximate surface area is 108 Å². The predicted molar refractivity (Wildman–Crippen MR) is 65.6 cm³/mol. The topological polar surface area (TPSA) is 91.6 Å². The monoisotopic (exact) mass is 269 g/mol. The van der Waals surface area contributed by atoms with Gasteiger partial charge in [-0.3, -0.25) is 9.69 Å². The molecule has 3 amide bonds. The molecule has 0 aliphatic carbocycles. The molecule has 1 fully saturated rings. The predicted octanol–water partition coefficient (Wildman–Crippen LogP) is 0.415. The molecule has 0 spiro atoms. The van der Waals surface area contributed by atoms with Crippen LogP contribution in [0.3, 0.4) is 0 Å². The van der Waals surface area contributed by atoms with Gasteiger partial charge >= 0.3 is 6.03 Å². The summed E-state index contributed by atoms with van der Waals surface area (Å²) in [6.07, 6.45) is 0. The SMILES string of the molecule is CN1CC(=O)N(Cc2nc(NN)ccc2Cl)C1=O. The Bertz CT molecular complexity index is 507. The fourth-order valence-corrected chi connectivity index (χ4v) is 1.81. The van der Waals surface area contributed by atoms with Crippen LogP contribution in [0.5, 0.6) is 0 Å². The summed E-state index contributed by atoms with van der Waals surface area (Å²) in [6, 6.07) is 2.85. The number of carbonyl (C=O) groups excluding carboxylic acids is 2. The van der Waals surface area contributed by atoms with Crippen LogP contribution in [-0.2, 0) is 11.3 Å². The average Bonchev–Trinajstić information content (AvgIpc) is 2.58. The Kier molecular flexibility index (Phi) is 3.35.